The second kappa shape index (κ2) is 6.55. The Balaban J connectivity index is 1.74. The van der Waals surface area contributed by atoms with Gasteiger partial charge in [-0.05, 0) is 6.92 Å². The van der Waals surface area contributed by atoms with Gasteiger partial charge in [-0.1, -0.05) is 0 Å². The number of hydrogen-bond acceptors (Lipinski definition) is 7. The second-order valence-corrected chi connectivity index (χ2v) is 5.38. The van der Waals surface area contributed by atoms with Crippen molar-refractivity contribution in [2.75, 3.05) is 6.54 Å². The van der Waals surface area contributed by atoms with Gasteiger partial charge in [-0.15, -0.1) is 11.3 Å². The van der Waals surface area contributed by atoms with Crippen molar-refractivity contribution in [3.05, 3.63) is 38.6 Å². The quantitative estimate of drug-likeness (QED) is 0.576. The van der Waals surface area contributed by atoms with Gasteiger partial charge in [0.05, 0.1) is 28.3 Å². The van der Waals surface area contributed by atoms with Gasteiger partial charge in [-0.3, -0.25) is 14.8 Å². The topological polar surface area (TPSA) is 106 Å². The van der Waals surface area contributed by atoms with E-state index in [4.69, 9.17) is 0 Å². The fraction of sp³-hybridized carbons (Fsp3) is 0.455. The fourth-order valence-corrected chi connectivity index (χ4v) is 2.30. The first-order valence-electron chi connectivity index (χ1n) is 6.01. The molecule has 2 rings (SSSR count). The zero-order valence-corrected chi connectivity index (χ0v) is 11.7. The van der Waals surface area contributed by atoms with E-state index >= 15 is 0 Å². The van der Waals surface area contributed by atoms with Crippen molar-refractivity contribution in [2.24, 2.45) is 0 Å². The van der Waals surface area contributed by atoms with E-state index < -0.39 is 11.0 Å². The predicted molar refractivity (Wildman–Crippen MR) is 73.4 cm³/mol. The molecule has 1 atom stereocenters. The maximum absolute atomic E-state index is 10.5. The van der Waals surface area contributed by atoms with Crippen molar-refractivity contribution in [2.45, 2.75) is 26.1 Å². The number of aliphatic hydroxyl groups is 1. The lowest BCUT2D eigenvalue weighted by molar-refractivity contribution is -0.385. The molecule has 0 aliphatic rings. The minimum atomic E-state index is -0.672. The molecule has 2 heterocycles. The molecule has 0 saturated heterocycles. The van der Waals surface area contributed by atoms with Crippen LogP contribution in [0.2, 0.25) is 0 Å². The van der Waals surface area contributed by atoms with Crippen LogP contribution >= 0.6 is 11.3 Å². The van der Waals surface area contributed by atoms with Crippen molar-refractivity contribution in [1.29, 1.82) is 0 Å². The van der Waals surface area contributed by atoms with Crippen LogP contribution in [0.25, 0.3) is 0 Å². The van der Waals surface area contributed by atoms with E-state index in [1.54, 1.807) is 11.3 Å². The van der Waals surface area contributed by atoms with E-state index in [0.717, 1.165) is 16.9 Å². The Morgan fingerprint density at radius 2 is 2.45 bits per heavy atom. The van der Waals surface area contributed by atoms with Gasteiger partial charge in [-0.2, -0.15) is 5.10 Å². The highest BCUT2D eigenvalue weighted by molar-refractivity contribution is 7.09. The third-order valence-electron chi connectivity index (χ3n) is 2.58. The summed E-state index contributed by atoms with van der Waals surface area (Å²) >= 11 is 1.58. The smallest absolute Gasteiger partial charge is 0.306 e. The van der Waals surface area contributed by atoms with E-state index in [0.29, 0.717) is 13.1 Å². The summed E-state index contributed by atoms with van der Waals surface area (Å²) in [6, 6.07) is 0. The number of thiazole rings is 1. The number of aliphatic hydroxyl groups excluding tert-OH is 1. The van der Waals surface area contributed by atoms with E-state index in [1.807, 2.05) is 12.3 Å². The number of hydrogen-bond donors (Lipinski definition) is 2. The van der Waals surface area contributed by atoms with Crippen LogP contribution in [0.3, 0.4) is 0 Å². The molecule has 1 unspecified atom stereocenters. The second-order valence-electron chi connectivity index (χ2n) is 4.32. The molecule has 2 aromatic heterocycles. The zero-order chi connectivity index (χ0) is 14.5. The zero-order valence-electron chi connectivity index (χ0n) is 10.9. The molecule has 0 radical (unpaired) electrons. The SMILES string of the molecule is Cc1nc(CNCC(O)Cn2cc([N+](=O)[O-])cn2)cs1. The molecular formula is C11H15N5O3S. The molecule has 2 N–H and O–H groups in total. The fourth-order valence-electron chi connectivity index (χ4n) is 1.68. The molecule has 2 aromatic rings. The highest BCUT2D eigenvalue weighted by atomic mass is 32.1. The van der Waals surface area contributed by atoms with Crippen LogP contribution in [-0.4, -0.2) is 37.4 Å². The minimum Gasteiger partial charge on any atom is -0.390 e. The van der Waals surface area contributed by atoms with Crippen molar-refractivity contribution in [1.82, 2.24) is 20.1 Å². The molecule has 0 aliphatic carbocycles. The van der Waals surface area contributed by atoms with Crippen LogP contribution in [0.1, 0.15) is 10.7 Å². The lowest BCUT2D eigenvalue weighted by atomic mass is 10.3. The molecule has 0 bridgehead atoms. The number of aryl methyl sites for hydroxylation is 1. The lowest BCUT2D eigenvalue weighted by Crippen LogP contribution is -2.30. The van der Waals surface area contributed by atoms with Gasteiger partial charge in [0.1, 0.15) is 12.4 Å². The highest BCUT2D eigenvalue weighted by Gasteiger charge is 2.11. The van der Waals surface area contributed by atoms with Crippen molar-refractivity contribution < 1.29 is 10.0 Å². The third-order valence-corrected chi connectivity index (χ3v) is 3.40. The summed E-state index contributed by atoms with van der Waals surface area (Å²) in [5.41, 5.74) is 0.859. The summed E-state index contributed by atoms with van der Waals surface area (Å²) in [6.07, 6.45) is 1.79. The summed E-state index contributed by atoms with van der Waals surface area (Å²) in [4.78, 5) is 14.3. The average molecular weight is 297 g/mol. The first kappa shape index (κ1) is 14.6. The molecule has 20 heavy (non-hydrogen) atoms. The maximum Gasteiger partial charge on any atom is 0.306 e. The average Bonchev–Trinajstić information content (AvgIpc) is 2.99. The number of nitrogens with one attached hydrogen (secondary N) is 1. The summed E-state index contributed by atoms with van der Waals surface area (Å²) in [7, 11) is 0. The van der Waals surface area contributed by atoms with Gasteiger partial charge < -0.3 is 10.4 Å². The van der Waals surface area contributed by atoms with Crippen molar-refractivity contribution in [3.63, 3.8) is 0 Å². The molecule has 0 fully saturated rings. The van der Waals surface area contributed by atoms with Gasteiger partial charge in [0, 0.05) is 18.5 Å². The lowest BCUT2D eigenvalue weighted by Gasteiger charge is -2.10. The third kappa shape index (κ3) is 4.08. The molecular weight excluding hydrogens is 282 g/mol. The van der Waals surface area contributed by atoms with E-state index in [1.165, 1.54) is 10.9 Å². The summed E-state index contributed by atoms with van der Waals surface area (Å²) in [6.45, 7) is 3.09. The van der Waals surface area contributed by atoms with Crippen molar-refractivity contribution in [3.8, 4) is 0 Å². The van der Waals surface area contributed by atoms with Gasteiger partial charge in [0.15, 0.2) is 0 Å². The molecule has 0 amide bonds. The van der Waals surface area contributed by atoms with Crippen LogP contribution in [-0.2, 0) is 13.1 Å². The molecule has 0 aliphatic heterocycles. The van der Waals surface area contributed by atoms with Gasteiger partial charge in [-0.25, -0.2) is 4.98 Å². The number of nitro groups is 1. The van der Waals surface area contributed by atoms with Crippen LogP contribution < -0.4 is 5.32 Å². The maximum atomic E-state index is 10.5. The van der Waals surface area contributed by atoms with E-state index in [2.05, 4.69) is 15.4 Å². The summed E-state index contributed by atoms with van der Waals surface area (Å²) < 4.78 is 1.36. The van der Waals surface area contributed by atoms with Crippen LogP contribution in [0.4, 0.5) is 5.69 Å². The molecule has 108 valence electrons. The van der Waals surface area contributed by atoms with E-state index in [-0.39, 0.29) is 12.2 Å². The largest absolute Gasteiger partial charge is 0.390 e. The standard InChI is InChI=1S/C11H15N5O3S/c1-8-14-9(7-20-8)2-12-4-11(17)6-15-5-10(3-13-15)16(18)19/h3,5,7,11-12,17H,2,4,6H2,1H3. The van der Waals surface area contributed by atoms with E-state index in [9.17, 15) is 15.2 Å². The number of rotatable bonds is 7. The molecule has 0 saturated carbocycles. The highest BCUT2D eigenvalue weighted by Crippen LogP contribution is 2.08. The Morgan fingerprint density at radius 3 is 3.05 bits per heavy atom. The summed E-state index contributed by atoms with van der Waals surface area (Å²) in [5.74, 6) is 0. The van der Waals surface area contributed by atoms with Gasteiger partial charge in [0.25, 0.3) is 0 Å². The Kier molecular flexibility index (Phi) is 4.77. The Labute approximate surface area is 119 Å². The van der Waals surface area contributed by atoms with Crippen LogP contribution in [0.5, 0.6) is 0 Å². The first-order chi connectivity index (χ1) is 9.54. The minimum absolute atomic E-state index is 0.0805. The van der Waals surface area contributed by atoms with Gasteiger partial charge in [0.2, 0.25) is 0 Å². The Bertz CT molecular complexity index is 582. The predicted octanol–water partition coefficient (Wildman–Crippen LogP) is 0.707. The molecule has 0 spiro atoms. The molecule has 9 heteroatoms. The molecule has 0 aromatic carbocycles. The van der Waals surface area contributed by atoms with Crippen LogP contribution in [0, 0.1) is 17.0 Å². The van der Waals surface area contributed by atoms with Gasteiger partial charge >= 0.3 is 5.69 Å². The Hall–Kier alpha value is -1.84. The summed E-state index contributed by atoms with van der Waals surface area (Å²) in [5, 5.41) is 30.2. The monoisotopic (exact) mass is 297 g/mol. The Morgan fingerprint density at radius 1 is 1.65 bits per heavy atom. The molecule has 8 nitrogen and oxygen atoms in total. The first-order valence-corrected chi connectivity index (χ1v) is 6.89. The normalized spacial score (nSPS) is 12.5. The number of nitrogens with zero attached hydrogens (tertiary/aromatic N) is 4. The number of aromatic nitrogens is 3. The van der Waals surface area contributed by atoms with Crippen molar-refractivity contribution >= 4 is 17.0 Å². The van der Waals surface area contributed by atoms with Crippen LogP contribution in [0.15, 0.2) is 17.8 Å².